The Morgan fingerprint density at radius 1 is 1.63 bits per heavy atom. The van der Waals surface area contributed by atoms with Crippen LogP contribution >= 0.6 is 0 Å². The van der Waals surface area contributed by atoms with Crippen LogP contribution in [0.1, 0.15) is 56.2 Å². The monoisotopic (exact) mass is 266 g/mol. The van der Waals surface area contributed by atoms with Crippen molar-refractivity contribution in [2.45, 2.75) is 51.7 Å². The molecule has 4 N–H and O–H groups in total. The number of aromatic nitrogens is 2. The van der Waals surface area contributed by atoms with Crippen molar-refractivity contribution in [1.29, 1.82) is 0 Å². The van der Waals surface area contributed by atoms with E-state index in [-0.39, 0.29) is 29.2 Å². The van der Waals surface area contributed by atoms with Crippen molar-refractivity contribution in [1.82, 2.24) is 15.5 Å². The maximum Gasteiger partial charge on any atom is 0.274 e. The van der Waals surface area contributed by atoms with Gasteiger partial charge >= 0.3 is 0 Å². The molecule has 0 spiro atoms. The normalized spacial score (nSPS) is 26.9. The highest BCUT2D eigenvalue weighted by Gasteiger charge is 2.39. The number of carbonyl (C=O) groups is 1. The van der Waals surface area contributed by atoms with Crippen LogP contribution < -0.4 is 11.1 Å². The summed E-state index contributed by atoms with van der Waals surface area (Å²) < 4.78 is 5.50. The number of hydrogen-bond acceptors (Lipinski definition) is 4. The molecule has 2 atom stereocenters. The smallest absolute Gasteiger partial charge is 0.274 e. The van der Waals surface area contributed by atoms with Gasteiger partial charge in [-0.25, -0.2) is 0 Å². The van der Waals surface area contributed by atoms with Gasteiger partial charge in [0.2, 0.25) is 0 Å². The van der Waals surface area contributed by atoms with E-state index in [1.165, 1.54) is 0 Å². The molecule has 1 amide bonds. The molecule has 1 aromatic rings. The number of rotatable bonds is 3. The second kappa shape index (κ2) is 4.85. The summed E-state index contributed by atoms with van der Waals surface area (Å²) >= 11 is 0. The molecular weight excluding hydrogens is 244 g/mol. The second-order valence-corrected chi connectivity index (χ2v) is 5.69. The van der Waals surface area contributed by atoms with Crippen LogP contribution in [0.15, 0.2) is 0 Å². The molecule has 1 aliphatic rings. The quantitative estimate of drug-likeness (QED) is 0.771. The van der Waals surface area contributed by atoms with Gasteiger partial charge < -0.3 is 15.8 Å². The average molecular weight is 266 g/mol. The molecule has 1 saturated heterocycles. The minimum Gasteiger partial charge on any atom is -0.395 e. The van der Waals surface area contributed by atoms with Gasteiger partial charge in [-0.15, -0.1) is 0 Å². The molecule has 6 heteroatoms. The Morgan fingerprint density at radius 2 is 2.32 bits per heavy atom. The van der Waals surface area contributed by atoms with Gasteiger partial charge in [-0.05, 0) is 26.2 Å². The summed E-state index contributed by atoms with van der Waals surface area (Å²) in [5.41, 5.74) is 7.11. The summed E-state index contributed by atoms with van der Waals surface area (Å²) in [7, 11) is 0. The summed E-state index contributed by atoms with van der Waals surface area (Å²) in [5.74, 6) is -0.0427. The van der Waals surface area contributed by atoms with Crippen LogP contribution in [-0.2, 0) is 4.74 Å². The third kappa shape index (κ3) is 2.45. The lowest BCUT2D eigenvalue weighted by Crippen LogP contribution is -2.50. The molecule has 2 heterocycles. The van der Waals surface area contributed by atoms with E-state index in [1.54, 1.807) is 0 Å². The number of amides is 1. The number of carbonyl (C=O) groups excluding carboxylic acids is 1. The molecule has 19 heavy (non-hydrogen) atoms. The average Bonchev–Trinajstić information content (AvgIpc) is 2.84. The predicted octanol–water partition coefficient (Wildman–Crippen LogP) is 1.41. The number of nitrogens with zero attached hydrogens (tertiary/aromatic N) is 1. The first-order valence-electron chi connectivity index (χ1n) is 6.63. The van der Waals surface area contributed by atoms with Gasteiger partial charge in [0.15, 0.2) is 5.69 Å². The summed E-state index contributed by atoms with van der Waals surface area (Å²) in [4.78, 5) is 12.3. The third-order valence-corrected chi connectivity index (χ3v) is 3.91. The Labute approximate surface area is 113 Å². The SMILES string of the molecule is CC(C)c1[nH]nc(C(=O)NC2(C)CCOC2C)c1N. The van der Waals surface area contributed by atoms with Crippen LogP contribution in [0.25, 0.3) is 0 Å². The van der Waals surface area contributed by atoms with Crippen molar-refractivity contribution in [2.75, 3.05) is 12.3 Å². The van der Waals surface area contributed by atoms with Crippen LogP contribution in [0.3, 0.4) is 0 Å². The number of ether oxygens (including phenoxy) is 1. The molecule has 1 aromatic heterocycles. The zero-order valence-corrected chi connectivity index (χ0v) is 11.9. The van der Waals surface area contributed by atoms with Crippen molar-refractivity contribution in [3.63, 3.8) is 0 Å². The number of nitrogen functional groups attached to an aromatic ring is 1. The fourth-order valence-electron chi connectivity index (χ4n) is 2.29. The van der Waals surface area contributed by atoms with Gasteiger partial charge in [0.05, 0.1) is 23.0 Å². The van der Waals surface area contributed by atoms with E-state index in [4.69, 9.17) is 10.5 Å². The van der Waals surface area contributed by atoms with E-state index < -0.39 is 0 Å². The molecule has 0 saturated carbocycles. The Balaban J connectivity index is 2.17. The number of hydrogen-bond donors (Lipinski definition) is 3. The number of anilines is 1. The zero-order chi connectivity index (χ0) is 14.2. The Morgan fingerprint density at radius 3 is 2.79 bits per heavy atom. The van der Waals surface area contributed by atoms with Gasteiger partial charge in [0.1, 0.15) is 0 Å². The van der Waals surface area contributed by atoms with Crippen LogP contribution in [0.2, 0.25) is 0 Å². The van der Waals surface area contributed by atoms with Crippen molar-refractivity contribution in [3.05, 3.63) is 11.4 Å². The topological polar surface area (TPSA) is 93.0 Å². The molecule has 0 radical (unpaired) electrons. The molecule has 106 valence electrons. The molecule has 0 aromatic carbocycles. The fourth-order valence-corrected chi connectivity index (χ4v) is 2.29. The van der Waals surface area contributed by atoms with Crippen LogP contribution in [0.4, 0.5) is 5.69 Å². The van der Waals surface area contributed by atoms with Crippen molar-refractivity contribution in [3.8, 4) is 0 Å². The highest BCUT2D eigenvalue weighted by molar-refractivity contribution is 5.98. The van der Waals surface area contributed by atoms with Crippen LogP contribution in [0.5, 0.6) is 0 Å². The Hall–Kier alpha value is -1.56. The first-order valence-corrected chi connectivity index (χ1v) is 6.63. The van der Waals surface area contributed by atoms with E-state index in [9.17, 15) is 4.79 Å². The molecule has 0 aliphatic carbocycles. The third-order valence-electron chi connectivity index (χ3n) is 3.91. The van der Waals surface area contributed by atoms with E-state index in [0.717, 1.165) is 12.1 Å². The molecule has 2 rings (SSSR count). The van der Waals surface area contributed by atoms with Gasteiger partial charge in [0.25, 0.3) is 5.91 Å². The van der Waals surface area contributed by atoms with Crippen molar-refractivity contribution in [2.24, 2.45) is 0 Å². The minimum absolute atomic E-state index is 0.0128. The van der Waals surface area contributed by atoms with Crippen molar-refractivity contribution >= 4 is 11.6 Å². The molecule has 2 unspecified atom stereocenters. The van der Waals surface area contributed by atoms with Crippen molar-refractivity contribution < 1.29 is 9.53 Å². The van der Waals surface area contributed by atoms with Gasteiger partial charge in [-0.2, -0.15) is 5.10 Å². The first kappa shape index (κ1) is 13.9. The maximum atomic E-state index is 12.3. The first-order chi connectivity index (χ1) is 8.85. The summed E-state index contributed by atoms with van der Waals surface area (Å²) in [5, 5.41) is 9.86. The highest BCUT2D eigenvalue weighted by atomic mass is 16.5. The molecule has 6 nitrogen and oxygen atoms in total. The van der Waals surface area contributed by atoms with E-state index in [0.29, 0.717) is 12.3 Å². The second-order valence-electron chi connectivity index (χ2n) is 5.69. The van der Waals surface area contributed by atoms with Gasteiger partial charge in [0, 0.05) is 6.61 Å². The number of H-pyrrole nitrogens is 1. The molecule has 0 bridgehead atoms. The van der Waals surface area contributed by atoms with Gasteiger partial charge in [-0.1, -0.05) is 13.8 Å². The summed E-state index contributed by atoms with van der Waals surface area (Å²) in [6.45, 7) is 8.60. The van der Waals surface area contributed by atoms with E-state index >= 15 is 0 Å². The standard InChI is InChI=1S/C13H22N4O2/c1-7(2)10-9(14)11(17-16-10)12(18)15-13(4)5-6-19-8(13)3/h7-8H,5-6,14H2,1-4H3,(H,15,18)(H,16,17). The van der Waals surface area contributed by atoms with E-state index in [1.807, 2.05) is 27.7 Å². The molecule has 1 aliphatic heterocycles. The predicted molar refractivity (Wildman–Crippen MR) is 73.0 cm³/mol. The lowest BCUT2D eigenvalue weighted by atomic mass is 9.94. The molecule has 1 fully saturated rings. The number of aromatic amines is 1. The number of nitrogens with two attached hydrogens (primary N) is 1. The largest absolute Gasteiger partial charge is 0.395 e. The summed E-state index contributed by atoms with van der Waals surface area (Å²) in [6.07, 6.45) is 0.780. The summed E-state index contributed by atoms with van der Waals surface area (Å²) in [6, 6.07) is 0. The minimum atomic E-state index is -0.361. The lowest BCUT2D eigenvalue weighted by molar-refractivity contribution is 0.0724. The Bertz CT molecular complexity index is 483. The van der Waals surface area contributed by atoms with Crippen LogP contribution in [-0.4, -0.2) is 34.4 Å². The molecular formula is C13H22N4O2. The maximum absolute atomic E-state index is 12.3. The Kier molecular flexibility index (Phi) is 3.54. The number of nitrogens with one attached hydrogen (secondary N) is 2. The van der Waals surface area contributed by atoms with Gasteiger partial charge in [-0.3, -0.25) is 9.89 Å². The van der Waals surface area contributed by atoms with E-state index in [2.05, 4.69) is 15.5 Å². The zero-order valence-electron chi connectivity index (χ0n) is 11.9. The lowest BCUT2D eigenvalue weighted by Gasteiger charge is -2.28. The fraction of sp³-hybridized carbons (Fsp3) is 0.692. The van der Waals surface area contributed by atoms with Crippen LogP contribution in [0, 0.1) is 0 Å². The highest BCUT2D eigenvalue weighted by Crippen LogP contribution is 2.27.